The predicted octanol–water partition coefficient (Wildman–Crippen LogP) is 3.19. The number of hydrogen-bond acceptors (Lipinski definition) is 1. The Morgan fingerprint density at radius 2 is 1.55 bits per heavy atom. The van der Waals surface area contributed by atoms with Crippen LogP contribution in [0.4, 0.5) is 13.2 Å². The molecule has 2 aromatic rings. The Hall–Kier alpha value is -1.02. The van der Waals surface area contributed by atoms with Crippen molar-refractivity contribution in [3.8, 4) is 0 Å². The van der Waals surface area contributed by atoms with Crippen LogP contribution in [-0.2, 0) is 6.18 Å². The van der Waals surface area contributed by atoms with E-state index in [2.05, 4.69) is 0 Å². The molecule has 0 saturated heterocycles. The summed E-state index contributed by atoms with van der Waals surface area (Å²) >= 11 is -0.696. The van der Waals surface area contributed by atoms with E-state index >= 15 is 0 Å². The van der Waals surface area contributed by atoms with Crippen molar-refractivity contribution in [2.45, 2.75) is 16.7 Å². The van der Waals surface area contributed by atoms with Gasteiger partial charge in [-0.1, -0.05) is 0 Å². The fourth-order valence-corrected chi connectivity index (χ4v) is 4.17. The molecule has 0 radical (unpaired) electrons. The molecule has 0 aromatic heterocycles. The third kappa shape index (κ3) is 4.24. The van der Waals surface area contributed by atoms with Crippen LogP contribution in [0.5, 0.6) is 0 Å². The Bertz CT molecular complexity index is 537. The van der Waals surface area contributed by atoms with Crippen LogP contribution in [-0.4, -0.2) is 26.0 Å². The number of aliphatic hydroxyl groups excluding tert-OH is 1. The molecule has 0 amide bonds. The molecule has 1 atom stereocenters. The molecule has 0 spiro atoms. The third-order valence-electron chi connectivity index (χ3n) is 2.77. The van der Waals surface area contributed by atoms with Gasteiger partial charge in [-0.05, 0) is 0 Å². The van der Waals surface area contributed by atoms with E-state index in [4.69, 9.17) is 0 Å². The quantitative estimate of drug-likeness (QED) is 0.791. The fourth-order valence-electron chi connectivity index (χ4n) is 1.69. The Labute approximate surface area is 125 Å². The summed E-state index contributed by atoms with van der Waals surface area (Å²) < 4.78 is 38.8. The molecular formula is C15H13F3OTe. The summed E-state index contributed by atoms with van der Waals surface area (Å²) in [7, 11) is 0. The van der Waals surface area contributed by atoms with Gasteiger partial charge >= 0.3 is 125 Å². The van der Waals surface area contributed by atoms with Crippen LogP contribution in [0.3, 0.4) is 0 Å². The molecule has 2 aromatic carbocycles. The normalized spacial score (nSPS) is 13.2. The van der Waals surface area contributed by atoms with E-state index in [-0.39, 0.29) is 0 Å². The third-order valence-corrected chi connectivity index (χ3v) is 5.88. The number of halogens is 3. The van der Waals surface area contributed by atoms with Crippen molar-refractivity contribution in [3.05, 3.63) is 65.7 Å². The van der Waals surface area contributed by atoms with Gasteiger partial charge in [0.15, 0.2) is 0 Å². The average Bonchev–Trinajstić information content (AvgIpc) is 2.45. The van der Waals surface area contributed by atoms with E-state index < -0.39 is 38.8 Å². The molecule has 0 aliphatic carbocycles. The van der Waals surface area contributed by atoms with Crippen LogP contribution >= 0.6 is 0 Å². The van der Waals surface area contributed by atoms with Crippen molar-refractivity contribution >= 4 is 24.5 Å². The second-order valence-electron chi connectivity index (χ2n) is 4.26. The van der Waals surface area contributed by atoms with Gasteiger partial charge in [-0.25, -0.2) is 0 Å². The molecule has 20 heavy (non-hydrogen) atoms. The second kappa shape index (κ2) is 6.62. The molecular weight excluding hydrogens is 381 g/mol. The van der Waals surface area contributed by atoms with Crippen LogP contribution in [0.1, 0.15) is 17.2 Å². The van der Waals surface area contributed by atoms with Crippen molar-refractivity contribution in [3.63, 3.8) is 0 Å². The minimum absolute atomic E-state index is 0.541. The molecule has 2 rings (SSSR count). The number of benzene rings is 2. The first-order valence-corrected chi connectivity index (χ1v) is 8.81. The van der Waals surface area contributed by atoms with E-state index in [9.17, 15) is 18.3 Å². The molecule has 0 saturated carbocycles. The topological polar surface area (TPSA) is 20.2 Å². The van der Waals surface area contributed by atoms with Crippen LogP contribution in [0, 0.1) is 0 Å². The molecule has 0 bridgehead atoms. The number of aliphatic hydroxyl groups is 1. The zero-order valence-corrected chi connectivity index (χ0v) is 12.8. The summed E-state index contributed by atoms with van der Waals surface area (Å²) in [6.07, 6.45) is -4.83. The minimum atomic E-state index is -4.29. The van der Waals surface area contributed by atoms with Gasteiger partial charge in [0.2, 0.25) is 0 Å². The van der Waals surface area contributed by atoms with Crippen LogP contribution in [0.2, 0.25) is 4.47 Å². The molecule has 0 heterocycles. The van der Waals surface area contributed by atoms with Gasteiger partial charge in [0.05, 0.1) is 0 Å². The van der Waals surface area contributed by atoms with Crippen LogP contribution < -0.4 is 3.61 Å². The van der Waals surface area contributed by atoms with Crippen LogP contribution in [0.25, 0.3) is 0 Å². The molecule has 1 nitrogen and oxygen atoms in total. The van der Waals surface area contributed by atoms with Gasteiger partial charge in [-0.2, -0.15) is 0 Å². The van der Waals surface area contributed by atoms with E-state index in [1.54, 1.807) is 0 Å². The first kappa shape index (κ1) is 15.4. The Kier molecular flexibility index (Phi) is 5.09. The van der Waals surface area contributed by atoms with E-state index in [1.165, 1.54) is 12.1 Å². The SMILES string of the molecule is OC(C[Te]c1ccc(C(F)(F)F)cc1)c1ccccc1. The Morgan fingerprint density at radius 1 is 0.950 bits per heavy atom. The van der Waals surface area contributed by atoms with Crippen LogP contribution in [0.15, 0.2) is 54.6 Å². The van der Waals surface area contributed by atoms with Crippen molar-refractivity contribution in [1.82, 2.24) is 0 Å². The predicted molar refractivity (Wildman–Crippen MR) is 73.0 cm³/mol. The maximum atomic E-state index is 12.4. The summed E-state index contributed by atoms with van der Waals surface area (Å²) in [5, 5.41) is 10.0. The summed E-state index contributed by atoms with van der Waals surface area (Å²) in [6.45, 7) is 0. The van der Waals surface area contributed by atoms with Crippen molar-refractivity contribution < 1.29 is 18.3 Å². The molecule has 0 aliphatic heterocycles. The van der Waals surface area contributed by atoms with Gasteiger partial charge in [0.25, 0.3) is 0 Å². The van der Waals surface area contributed by atoms with Crippen molar-refractivity contribution in [2.75, 3.05) is 0 Å². The Balaban J connectivity index is 1.94. The Morgan fingerprint density at radius 3 is 2.10 bits per heavy atom. The van der Waals surface area contributed by atoms with Crippen molar-refractivity contribution in [1.29, 1.82) is 0 Å². The van der Waals surface area contributed by atoms with Gasteiger partial charge < -0.3 is 0 Å². The number of rotatable bonds is 4. The maximum absolute atomic E-state index is 12.4. The summed E-state index contributed by atoms with van der Waals surface area (Å²) in [4.78, 5) is 0. The van der Waals surface area contributed by atoms with Gasteiger partial charge in [0, 0.05) is 0 Å². The molecule has 1 unspecified atom stereocenters. The summed E-state index contributed by atoms with van der Waals surface area (Å²) in [5.41, 5.74) is 0.224. The first-order chi connectivity index (χ1) is 9.47. The fraction of sp³-hybridized carbons (Fsp3) is 0.200. The van der Waals surface area contributed by atoms with Gasteiger partial charge in [-0.3, -0.25) is 0 Å². The molecule has 106 valence electrons. The van der Waals surface area contributed by atoms with Gasteiger partial charge in [-0.15, -0.1) is 0 Å². The standard InChI is InChI=1S/C15H13F3OTe/c16-15(17,18)12-6-8-13(9-7-12)20-10-14(19)11-4-2-1-3-5-11/h1-9,14,19H,10H2. The average molecular weight is 394 g/mol. The zero-order chi connectivity index (χ0) is 14.6. The van der Waals surface area contributed by atoms with E-state index in [0.29, 0.717) is 4.47 Å². The number of alkyl halides is 3. The summed E-state index contributed by atoms with van der Waals surface area (Å²) in [5.74, 6) is 0. The van der Waals surface area contributed by atoms with Gasteiger partial charge in [0.1, 0.15) is 0 Å². The molecule has 5 heteroatoms. The second-order valence-corrected chi connectivity index (χ2v) is 7.38. The monoisotopic (exact) mass is 396 g/mol. The summed E-state index contributed by atoms with van der Waals surface area (Å²) in [6, 6.07) is 14.5. The van der Waals surface area contributed by atoms with E-state index in [0.717, 1.165) is 21.3 Å². The first-order valence-electron chi connectivity index (χ1n) is 6.00. The number of hydrogen-bond donors (Lipinski definition) is 1. The zero-order valence-electron chi connectivity index (χ0n) is 10.5. The molecule has 1 N–H and O–H groups in total. The molecule has 0 aliphatic rings. The van der Waals surface area contributed by atoms with Crippen molar-refractivity contribution in [2.24, 2.45) is 0 Å². The van der Waals surface area contributed by atoms with E-state index in [1.807, 2.05) is 30.3 Å². The molecule has 0 fully saturated rings.